The lowest BCUT2D eigenvalue weighted by molar-refractivity contribution is 0.0188. The van der Waals surface area contributed by atoms with E-state index in [-0.39, 0.29) is 11.6 Å². The predicted octanol–water partition coefficient (Wildman–Crippen LogP) is 2.42. The van der Waals surface area contributed by atoms with Gasteiger partial charge < -0.3 is 9.84 Å². The average molecular weight is 398 g/mol. The molecule has 1 N–H and O–H groups in total. The van der Waals surface area contributed by atoms with Crippen LogP contribution in [0.5, 0.6) is 0 Å². The van der Waals surface area contributed by atoms with Gasteiger partial charge in [-0.2, -0.15) is 0 Å². The van der Waals surface area contributed by atoms with Gasteiger partial charge in [-0.3, -0.25) is 14.3 Å². The molecule has 0 bridgehead atoms. The van der Waals surface area contributed by atoms with E-state index in [1.165, 1.54) is 11.8 Å². The average Bonchev–Trinajstić information content (AvgIpc) is 2.60. The molecule has 3 rings (SSSR count). The Bertz CT molecular complexity index is 821. The van der Waals surface area contributed by atoms with Gasteiger partial charge in [0.2, 0.25) is 0 Å². The summed E-state index contributed by atoms with van der Waals surface area (Å²) in [5, 5.41) is 12.1. The van der Waals surface area contributed by atoms with E-state index in [1.807, 2.05) is 13.8 Å². The van der Waals surface area contributed by atoms with E-state index < -0.39 is 6.10 Å². The van der Waals surface area contributed by atoms with Gasteiger partial charge in [0, 0.05) is 36.5 Å². The van der Waals surface area contributed by atoms with Crippen molar-refractivity contribution in [2.75, 3.05) is 38.6 Å². The van der Waals surface area contributed by atoms with Crippen molar-refractivity contribution < 1.29 is 9.84 Å². The lowest BCUT2D eigenvalue weighted by Crippen LogP contribution is -2.41. The number of benzene rings is 1. The van der Waals surface area contributed by atoms with Crippen LogP contribution in [-0.2, 0) is 4.74 Å². The molecule has 1 atom stereocenters. The maximum atomic E-state index is 12.8. The van der Waals surface area contributed by atoms with Gasteiger partial charge in [-0.25, -0.2) is 4.98 Å². The van der Waals surface area contributed by atoms with E-state index in [9.17, 15) is 9.90 Å². The molecule has 2 aromatic rings. The number of ether oxygens (including phenoxy) is 1. The van der Waals surface area contributed by atoms with Crippen molar-refractivity contribution in [1.29, 1.82) is 0 Å². The second kappa shape index (κ2) is 8.71. The molecule has 0 amide bonds. The van der Waals surface area contributed by atoms with Crippen LogP contribution in [0.1, 0.15) is 19.9 Å². The first-order valence-electron chi connectivity index (χ1n) is 8.78. The van der Waals surface area contributed by atoms with E-state index in [2.05, 4.69) is 9.88 Å². The van der Waals surface area contributed by atoms with E-state index in [1.54, 1.807) is 22.8 Å². The van der Waals surface area contributed by atoms with Crippen molar-refractivity contribution in [2.24, 2.45) is 0 Å². The zero-order valence-electron chi connectivity index (χ0n) is 15.0. The molecule has 0 saturated carbocycles. The van der Waals surface area contributed by atoms with Gasteiger partial charge in [-0.15, -0.1) is 0 Å². The first-order valence-corrected chi connectivity index (χ1v) is 10.1. The number of hydrogen-bond donors (Lipinski definition) is 1. The van der Waals surface area contributed by atoms with Gasteiger partial charge in [0.15, 0.2) is 5.16 Å². The smallest absolute Gasteiger partial charge is 0.262 e. The minimum atomic E-state index is -0.495. The Morgan fingerprint density at radius 2 is 2.08 bits per heavy atom. The number of aliphatic hydroxyl groups excluding tert-OH is 1. The van der Waals surface area contributed by atoms with Crippen LogP contribution in [0.25, 0.3) is 10.9 Å². The molecule has 1 aromatic carbocycles. The summed E-state index contributed by atoms with van der Waals surface area (Å²) in [4.78, 5) is 19.7. The zero-order chi connectivity index (χ0) is 18.7. The summed E-state index contributed by atoms with van der Waals surface area (Å²) >= 11 is 7.46. The number of aromatic nitrogens is 2. The van der Waals surface area contributed by atoms with Gasteiger partial charge in [0.05, 0.1) is 30.2 Å². The highest BCUT2D eigenvalue weighted by Crippen LogP contribution is 2.23. The molecule has 142 valence electrons. The minimum absolute atomic E-state index is 0.0195. The lowest BCUT2D eigenvalue weighted by atomic mass is 10.2. The molecule has 1 aliphatic heterocycles. The van der Waals surface area contributed by atoms with Gasteiger partial charge in [-0.1, -0.05) is 23.4 Å². The third kappa shape index (κ3) is 4.58. The standard InChI is InChI=1S/C18H24ClN3O3S/c1-12(2)22-17(24)15-4-3-13(19)9-16(15)20-18(22)26-11-14(23)10-21-5-7-25-8-6-21/h3-4,9,12,14,23H,5-8,10-11H2,1-2H3/t14-/m1/s1. The van der Waals surface area contributed by atoms with Crippen molar-refractivity contribution in [3.05, 3.63) is 33.6 Å². The van der Waals surface area contributed by atoms with Crippen LogP contribution in [0.3, 0.4) is 0 Å². The Hall–Kier alpha value is -1.12. The van der Waals surface area contributed by atoms with Crippen LogP contribution >= 0.6 is 23.4 Å². The fraction of sp³-hybridized carbons (Fsp3) is 0.556. The topological polar surface area (TPSA) is 67.6 Å². The summed E-state index contributed by atoms with van der Waals surface area (Å²) in [5.74, 6) is 0.475. The molecule has 0 radical (unpaired) electrons. The third-order valence-corrected chi connectivity index (χ3v) is 5.66. The molecular formula is C18H24ClN3O3S. The highest BCUT2D eigenvalue weighted by molar-refractivity contribution is 7.99. The van der Waals surface area contributed by atoms with Gasteiger partial charge >= 0.3 is 0 Å². The van der Waals surface area contributed by atoms with Crippen LogP contribution in [0.4, 0.5) is 0 Å². The minimum Gasteiger partial charge on any atom is -0.391 e. The van der Waals surface area contributed by atoms with Gasteiger partial charge in [0.25, 0.3) is 5.56 Å². The lowest BCUT2D eigenvalue weighted by Gasteiger charge is -2.28. The highest BCUT2D eigenvalue weighted by Gasteiger charge is 2.18. The fourth-order valence-corrected chi connectivity index (χ4v) is 4.22. The summed E-state index contributed by atoms with van der Waals surface area (Å²) in [6.45, 7) is 7.61. The molecule has 1 saturated heterocycles. The summed E-state index contributed by atoms with van der Waals surface area (Å²) < 4.78 is 7.01. The van der Waals surface area contributed by atoms with Gasteiger partial charge in [-0.05, 0) is 32.0 Å². The van der Waals surface area contributed by atoms with Crippen molar-refractivity contribution in [1.82, 2.24) is 14.5 Å². The summed E-state index contributed by atoms with van der Waals surface area (Å²) in [5.41, 5.74) is 0.511. The quantitative estimate of drug-likeness (QED) is 0.596. The second-order valence-electron chi connectivity index (χ2n) is 6.70. The van der Waals surface area contributed by atoms with Crippen molar-refractivity contribution in [3.63, 3.8) is 0 Å². The first-order chi connectivity index (χ1) is 12.5. The second-order valence-corrected chi connectivity index (χ2v) is 8.13. The summed E-state index contributed by atoms with van der Waals surface area (Å²) in [6.07, 6.45) is -0.495. The Morgan fingerprint density at radius 1 is 1.35 bits per heavy atom. The van der Waals surface area contributed by atoms with Crippen LogP contribution < -0.4 is 5.56 Å². The number of aliphatic hydroxyl groups is 1. The van der Waals surface area contributed by atoms with Crippen LogP contribution in [0.2, 0.25) is 5.02 Å². The number of nitrogens with zero attached hydrogens (tertiary/aromatic N) is 3. The third-order valence-electron chi connectivity index (χ3n) is 4.33. The number of fused-ring (bicyclic) bond motifs is 1. The first kappa shape index (κ1) is 19.6. The van der Waals surface area contributed by atoms with Crippen molar-refractivity contribution >= 4 is 34.3 Å². The molecule has 2 heterocycles. The number of morpholine rings is 1. The summed E-state index contributed by atoms with van der Waals surface area (Å²) in [7, 11) is 0. The van der Waals surface area contributed by atoms with Gasteiger partial charge in [0.1, 0.15) is 0 Å². The number of thioether (sulfide) groups is 1. The monoisotopic (exact) mass is 397 g/mol. The molecule has 8 heteroatoms. The Morgan fingerprint density at radius 3 is 2.77 bits per heavy atom. The normalized spacial score (nSPS) is 17.1. The Balaban J connectivity index is 1.79. The molecule has 1 aromatic heterocycles. The van der Waals surface area contributed by atoms with E-state index in [4.69, 9.17) is 16.3 Å². The number of hydrogen-bond acceptors (Lipinski definition) is 6. The molecule has 1 fully saturated rings. The van der Waals surface area contributed by atoms with Crippen LogP contribution in [-0.4, -0.2) is 64.3 Å². The van der Waals surface area contributed by atoms with Crippen LogP contribution in [0, 0.1) is 0 Å². The maximum Gasteiger partial charge on any atom is 0.262 e. The zero-order valence-corrected chi connectivity index (χ0v) is 16.6. The SMILES string of the molecule is CC(C)n1c(SC[C@H](O)CN2CCOCC2)nc2cc(Cl)ccc2c1=O. The molecule has 0 spiro atoms. The highest BCUT2D eigenvalue weighted by atomic mass is 35.5. The van der Waals surface area contributed by atoms with Crippen molar-refractivity contribution in [3.8, 4) is 0 Å². The molecule has 6 nitrogen and oxygen atoms in total. The molecular weight excluding hydrogens is 374 g/mol. The van der Waals surface area contributed by atoms with E-state index in [0.29, 0.717) is 46.6 Å². The molecule has 1 aliphatic rings. The number of rotatable bonds is 6. The number of β-amino-alcohol motifs (C(OH)–C–C–N with tert-alkyl or cyclic N) is 1. The van der Waals surface area contributed by atoms with Crippen LogP contribution in [0.15, 0.2) is 28.2 Å². The summed E-state index contributed by atoms with van der Waals surface area (Å²) in [6, 6.07) is 5.11. The Kier molecular flexibility index (Phi) is 6.58. The molecule has 0 aliphatic carbocycles. The van der Waals surface area contributed by atoms with E-state index >= 15 is 0 Å². The Labute approximate surface area is 162 Å². The van der Waals surface area contributed by atoms with Crippen molar-refractivity contribution in [2.45, 2.75) is 31.1 Å². The molecule has 0 unspecified atom stereocenters. The maximum absolute atomic E-state index is 12.8. The van der Waals surface area contributed by atoms with E-state index in [0.717, 1.165) is 13.1 Å². The molecule has 26 heavy (non-hydrogen) atoms. The largest absolute Gasteiger partial charge is 0.391 e. The fourth-order valence-electron chi connectivity index (χ4n) is 3.01. The predicted molar refractivity (Wildman–Crippen MR) is 105 cm³/mol. The number of halogens is 1.